The van der Waals surface area contributed by atoms with Gasteiger partial charge in [0.15, 0.2) is 20.2 Å². The first-order valence-electron chi connectivity index (χ1n) is 3.81. The van der Waals surface area contributed by atoms with Crippen LogP contribution in [0.3, 0.4) is 0 Å². The molecule has 3 N–H and O–H groups in total. The van der Waals surface area contributed by atoms with Gasteiger partial charge in [-0.2, -0.15) is 0 Å². The van der Waals surface area contributed by atoms with E-state index in [2.05, 4.69) is 0 Å². The molecule has 0 fully saturated rings. The van der Waals surface area contributed by atoms with Crippen LogP contribution < -0.4 is 5.11 Å². The molecule has 0 aliphatic rings. The molecule has 80 valence electrons. The van der Waals surface area contributed by atoms with Crippen molar-refractivity contribution in [2.45, 2.75) is 13.3 Å². The molecular formula is C7H17NO5. The van der Waals surface area contributed by atoms with Gasteiger partial charge in [0.25, 0.3) is 0 Å². The second-order valence-electron chi connectivity index (χ2n) is 2.77. The summed E-state index contributed by atoms with van der Waals surface area (Å²) in [5.74, 6) is -0.995. The highest BCUT2D eigenvalue weighted by molar-refractivity contribution is 5.63. The van der Waals surface area contributed by atoms with Crippen LogP contribution in [0.5, 0.6) is 0 Å². The Bertz CT molecular complexity index is 127. The van der Waals surface area contributed by atoms with Gasteiger partial charge in [-0.15, -0.1) is 0 Å². The second-order valence-corrected chi connectivity index (χ2v) is 2.77. The molecule has 0 radical (unpaired) electrons. The molecule has 0 aliphatic heterocycles. The first-order chi connectivity index (χ1) is 5.95. The lowest BCUT2D eigenvalue weighted by atomic mass is 10.5. The number of aliphatic hydroxyl groups is 3. The summed E-state index contributed by atoms with van der Waals surface area (Å²) in [7, 11) is 1.54. The van der Waals surface area contributed by atoms with Crippen molar-refractivity contribution in [3.05, 3.63) is 0 Å². The van der Waals surface area contributed by atoms with E-state index in [1.54, 1.807) is 7.05 Å². The summed E-state index contributed by atoms with van der Waals surface area (Å²) in [4.78, 5) is 9.26. The van der Waals surface area contributed by atoms with Gasteiger partial charge < -0.3 is 25.2 Å². The first kappa shape index (κ1) is 14.8. The maximum absolute atomic E-state index is 9.26. The van der Waals surface area contributed by atoms with Gasteiger partial charge in [-0.25, -0.2) is 0 Å². The van der Waals surface area contributed by atoms with Crippen LogP contribution >= 0.6 is 0 Å². The summed E-state index contributed by atoms with van der Waals surface area (Å²) >= 11 is 0. The molecule has 6 nitrogen and oxygen atoms in total. The van der Waals surface area contributed by atoms with Crippen LogP contribution in [0.1, 0.15) is 13.3 Å². The molecule has 0 spiro atoms. The standard InChI is InChI=1S/C4H12NO3.C3H6O2/c1-5(2-6,3-7)4-8;1-2-3(4)5/h6-8H,2-4H2,1H3;2H2,1H3,(H,4,5)/q+1;/p-1. The highest BCUT2D eigenvalue weighted by atomic mass is 16.4. The first-order valence-corrected chi connectivity index (χ1v) is 3.81. The summed E-state index contributed by atoms with van der Waals surface area (Å²) in [6, 6.07) is 0. The highest BCUT2D eigenvalue weighted by Gasteiger charge is 2.15. The van der Waals surface area contributed by atoms with Crippen LogP contribution in [0.25, 0.3) is 0 Å². The average molecular weight is 195 g/mol. The summed E-state index contributed by atoms with van der Waals surface area (Å²) in [6.45, 7) is 0.808. The van der Waals surface area contributed by atoms with Crippen LogP contribution in [0, 0.1) is 0 Å². The molecule has 0 aromatic carbocycles. The number of rotatable bonds is 4. The average Bonchev–Trinajstić information content (AvgIpc) is 2.17. The Labute approximate surface area is 77.2 Å². The number of nitrogens with zero attached hydrogens (tertiary/aromatic N) is 1. The van der Waals surface area contributed by atoms with Gasteiger partial charge in [0.05, 0.1) is 7.05 Å². The van der Waals surface area contributed by atoms with E-state index in [0.717, 1.165) is 0 Å². The quantitative estimate of drug-likeness (QED) is 0.338. The van der Waals surface area contributed by atoms with Crippen molar-refractivity contribution in [1.29, 1.82) is 0 Å². The number of aliphatic carboxylic acids is 1. The molecule has 0 saturated carbocycles. The zero-order valence-electron chi connectivity index (χ0n) is 7.93. The minimum absolute atomic E-state index is 0.111. The molecule has 13 heavy (non-hydrogen) atoms. The van der Waals surface area contributed by atoms with E-state index < -0.39 is 5.97 Å². The zero-order chi connectivity index (χ0) is 10.9. The number of hydrogen-bond acceptors (Lipinski definition) is 5. The van der Waals surface area contributed by atoms with Crippen LogP contribution in [-0.2, 0) is 4.79 Å². The zero-order valence-corrected chi connectivity index (χ0v) is 7.93. The molecule has 0 aliphatic carbocycles. The second kappa shape index (κ2) is 7.93. The van der Waals surface area contributed by atoms with E-state index in [9.17, 15) is 9.90 Å². The largest absolute Gasteiger partial charge is 0.550 e. The van der Waals surface area contributed by atoms with E-state index in [4.69, 9.17) is 15.3 Å². The smallest absolute Gasteiger partial charge is 0.183 e. The van der Waals surface area contributed by atoms with Crippen molar-refractivity contribution in [3.63, 3.8) is 0 Å². The molecule has 0 saturated heterocycles. The molecule has 0 rings (SSSR count). The predicted octanol–water partition coefficient (Wildman–Crippen LogP) is -2.57. The Balaban J connectivity index is 0. The predicted molar refractivity (Wildman–Crippen MR) is 42.7 cm³/mol. The Morgan fingerprint density at radius 2 is 1.46 bits per heavy atom. The van der Waals surface area contributed by atoms with Gasteiger partial charge in [0.2, 0.25) is 0 Å². The van der Waals surface area contributed by atoms with E-state index >= 15 is 0 Å². The van der Waals surface area contributed by atoms with Crippen LogP contribution in [0.2, 0.25) is 0 Å². The van der Waals surface area contributed by atoms with Crippen LogP contribution in [0.4, 0.5) is 0 Å². The van der Waals surface area contributed by atoms with Gasteiger partial charge in [0, 0.05) is 5.97 Å². The fourth-order valence-corrected chi connectivity index (χ4v) is 0.134. The monoisotopic (exact) mass is 195 g/mol. The van der Waals surface area contributed by atoms with Crippen molar-refractivity contribution in [3.8, 4) is 0 Å². The van der Waals surface area contributed by atoms with Crippen molar-refractivity contribution in [2.75, 3.05) is 27.2 Å². The number of carbonyl (C=O) groups excluding carboxylic acids is 1. The Morgan fingerprint density at radius 1 is 1.23 bits per heavy atom. The molecule has 0 amide bonds. The lowest BCUT2D eigenvalue weighted by Crippen LogP contribution is -2.46. The van der Waals surface area contributed by atoms with E-state index in [1.807, 2.05) is 0 Å². The van der Waals surface area contributed by atoms with Gasteiger partial charge in [-0.1, -0.05) is 6.92 Å². The third kappa shape index (κ3) is 9.22. The van der Waals surface area contributed by atoms with Crippen molar-refractivity contribution < 1.29 is 29.7 Å². The summed E-state index contributed by atoms with van der Waals surface area (Å²) in [5, 5.41) is 34.6. The molecule has 6 heteroatoms. The third-order valence-corrected chi connectivity index (χ3v) is 1.31. The third-order valence-electron chi connectivity index (χ3n) is 1.31. The number of carbonyl (C=O) groups is 1. The van der Waals surface area contributed by atoms with Crippen molar-refractivity contribution in [2.24, 2.45) is 0 Å². The van der Waals surface area contributed by atoms with Crippen LogP contribution in [-0.4, -0.2) is 53.0 Å². The number of hydrogen-bond donors (Lipinski definition) is 3. The molecule has 0 atom stereocenters. The fourth-order valence-electron chi connectivity index (χ4n) is 0.134. The lowest BCUT2D eigenvalue weighted by Gasteiger charge is -2.25. The number of aliphatic hydroxyl groups excluding tert-OH is 3. The summed E-state index contributed by atoms with van der Waals surface area (Å²) in [5.41, 5.74) is 0. The van der Waals surface area contributed by atoms with E-state index in [1.165, 1.54) is 6.92 Å². The summed E-state index contributed by atoms with van der Waals surface area (Å²) in [6.07, 6.45) is 0.111. The van der Waals surface area contributed by atoms with Crippen molar-refractivity contribution in [1.82, 2.24) is 0 Å². The maximum Gasteiger partial charge on any atom is 0.183 e. The van der Waals surface area contributed by atoms with Gasteiger partial charge in [-0.05, 0) is 6.42 Å². The summed E-state index contributed by atoms with van der Waals surface area (Å²) < 4.78 is -0.125. The molecule has 0 bridgehead atoms. The highest BCUT2D eigenvalue weighted by Crippen LogP contribution is 1.93. The maximum atomic E-state index is 9.26. The topological polar surface area (TPSA) is 101 Å². The van der Waals surface area contributed by atoms with Gasteiger partial charge >= 0.3 is 0 Å². The molecule has 0 aromatic rings. The molecule has 0 aromatic heterocycles. The Hall–Kier alpha value is -0.690. The fraction of sp³-hybridized carbons (Fsp3) is 0.857. The number of quaternary nitrogens is 1. The minimum Gasteiger partial charge on any atom is -0.550 e. The van der Waals surface area contributed by atoms with E-state index in [0.29, 0.717) is 0 Å². The SMILES string of the molecule is CCC(=O)[O-].C[N+](CO)(CO)CO. The molecular weight excluding hydrogens is 178 g/mol. The van der Waals surface area contributed by atoms with Gasteiger partial charge in [0.1, 0.15) is 0 Å². The number of carboxylic acid groups (broad SMARTS) is 1. The Kier molecular flexibility index (Phi) is 9.04. The molecule has 0 unspecified atom stereocenters. The van der Waals surface area contributed by atoms with Gasteiger partial charge in [-0.3, -0.25) is 4.48 Å². The molecule has 0 heterocycles. The Morgan fingerprint density at radius 3 is 1.46 bits per heavy atom. The van der Waals surface area contributed by atoms with Crippen molar-refractivity contribution >= 4 is 5.97 Å². The van der Waals surface area contributed by atoms with E-state index in [-0.39, 0.29) is 31.1 Å². The number of carboxylic acids is 1. The minimum atomic E-state index is -0.995. The van der Waals surface area contributed by atoms with Crippen LogP contribution in [0.15, 0.2) is 0 Å². The lowest BCUT2D eigenvalue weighted by molar-refractivity contribution is -0.959. The normalized spacial score (nSPS) is 10.2.